The molecule has 0 saturated carbocycles. The fourth-order valence-corrected chi connectivity index (χ4v) is 1.67. The molecule has 2 nitrogen and oxygen atoms in total. The molecule has 2 N–H and O–H groups in total. The lowest BCUT2D eigenvalue weighted by molar-refractivity contribution is 0.603. The van der Waals surface area contributed by atoms with Crippen LogP contribution >= 0.6 is 11.3 Å². The van der Waals surface area contributed by atoms with Gasteiger partial charge in [0.05, 0.1) is 5.69 Å². The van der Waals surface area contributed by atoms with Crippen molar-refractivity contribution in [3.05, 3.63) is 35.2 Å². The Hall–Kier alpha value is -1.49. The number of nitrogens with zero attached hydrogens (tertiary/aromatic N) is 1. The van der Waals surface area contributed by atoms with Crippen molar-refractivity contribution in [2.75, 3.05) is 5.73 Å². The third-order valence-corrected chi connectivity index (χ3v) is 2.40. The highest BCUT2D eigenvalue weighted by atomic mass is 32.1. The Morgan fingerprint density at radius 1 is 1.29 bits per heavy atom. The van der Waals surface area contributed by atoms with Crippen molar-refractivity contribution in [2.45, 2.75) is 0 Å². The average molecular weight is 212 g/mol. The number of nitrogen functional groups attached to an aromatic ring is 1. The summed E-state index contributed by atoms with van der Waals surface area (Å²) in [4.78, 5) is 3.87. The zero-order chi connectivity index (χ0) is 10.1. The summed E-state index contributed by atoms with van der Waals surface area (Å²) in [5.74, 6) is -0.996. The number of rotatable bonds is 1. The predicted molar refractivity (Wildman–Crippen MR) is 51.9 cm³/mol. The van der Waals surface area contributed by atoms with Gasteiger partial charge in [-0.1, -0.05) is 0 Å². The highest BCUT2D eigenvalue weighted by Crippen LogP contribution is 2.25. The first-order chi connectivity index (χ1) is 6.66. The molecule has 0 aliphatic heterocycles. The van der Waals surface area contributed by atoms with Gasteiger partial charge < -0.3 is 5.73 Å². The lowest BCUT2D eigenvalue weighted by Gasteiger charge is -1.98. The molecule has 0 aliphatic rings. The van der Waals surface area contributed by atoms with Crippen LogP contribution in [0.3, 0.4) is 0 Å². The van der Waals surface area contributed by atoms with Gasteiger partial charge in [-0.25, -0.2) is 13.8 Å². The third-order valence-electron chi connectivity index (χ3n) is 1.73. The van der Waals surface area contributed by atoms with E-state index in [9.17, 15) is 8.78 Å². The van der Waals surface area contributed by atoms with E-state index in [4.69, 9.17) is 5.73 Å². The molecule has 0 bridgehead atoms. The van der Waals surface area contributed by atoms with Crippen LogP contribution in [-0.4, -0.2) is 4.98 Å². The molecule has 2 rings (SSSR count). The Kier molecular flexibility index (Phi) is 2.17. The molecule has 0 unspecified atom stereocenters. The van der Waals surface area contributed by atoms with E-state index in [1.807, 2.05) is 0 Å². The van der Waals surface area contributed by atoms with E-state index in [0.717, 1.165) is 18.2 Å². The average Bonchev–Trinajstić information content (AvgIpc) is 2.56. The quantitative estimate of drug-likeness (QED) is 0.789. The maximum absolute atomic E-state index is 13.2. The normalized spacial score (nSPS) is 10.4. The molecule has 0 amide bonds. The molecule has 14 heavy (non-hydrogen) atoms. The number of halogens is 2. The number of nitrogens with two attached hydrogens (primary N) is 1. The van der Waals surface area contributed by atoms with Gasteiger partial charge in [-0.2, -0.15) is 0 Å². The number of anilines is 1. The second-order valence-corrected chi connectivity index (χ2v) is 3.58. The molecule has 0 fully saturated rings. The lowest BCUT2D eigenvalue weighted by Crippen LogP contribution is -1.87. The van der Waals surface area contributed by atoms with Gasteiger partial charge in [0.15, 0.2) is 5.13 Å². The summed E-state index contributed by atoms with van der Waals surface area (Å²) in [6.45, 7) is 0. The van der Waals surface area contributed by atoms with E-state index in [2.05, 4.69) is 4.98 Å². The van der Waals surface area contributed by atoms with Gasteiger partial charge in [0.25, 0.3) is 0 Å². The minimum absolute atomic E-state index is 0.137. The first kappa shape index (κ1) is 9.08. The van der Waals surface area contributed by atoms with Crippen LogP contribution in [0, 0.1) is 11.6 Å². The van der Waals surface area contributed by atoms with E-state index in [-0.39, 0.29) is 5.56 Å². The summed E-state index contributed by atoms with van der Waals surface area (Å²) in [5.41, 5.74) is 5.90. The highest BCUT2D eigenvalue weighted by Gasteiger charge is 2.09. The fraction of sp³-hybridized carbons (Fsp3) is 0. The second-order valence-electron chi connectivity index (χ2n) is 2.70. The summed E-state index contributed by atoms with van der Waals surface area (Å²) in [6, 6.07) is 3.23. The Labute approximate surface area is 83.0 Å². The molecule has 0 radical (unpaired) electrons. The second kappa shape index (κ2) is 3.34. The molecule has 72 valence electrons. The van der Waals surface area contributed by atoms with Gasteiger partial charge in [0.1, 0.15) is 11.6 Å². The molecule has 0 atom stereocenters. The van der Waals surface area contributed by atoms with Crippen molar-refractivity contribution in [1.29, 1.82) is 0 Å². The summed E-state index contributed by atoms with van der Waals surface area (Å²) in [5, 5.41) is 1.93. The van der Waals surface area contributed by atoms with Crippen LogP contribution in [0.25, 0.3) is 11.3 Å². The Morgan fingerprint density at radius 3 is 2.71 bits per heavy atom. The van der Waals surface area contributed by atoms with E-state index in [0.29, 0.717) is 10.8 Å². The van der Waals surface area contributed by atoms with Crippen LogP contribution in [-0.2, 0) is 0 Å². The summed E-state index contributed by atoms with van der Waals surface area (Å²) in [6.07, 6.45) is 0. The maximum atomic E-state index is 13.2. The zero-order valence-electron chi connectivity index (χ0n) is 7.00. The summed E-state index contributed by atoms with van der Waals surface area (Å²) in [7, 11) is 0. The largest absolute Gasteiger partial charge is 0.375 e. The smallest absolute Gasteiger partial charge is 0.180 e. The van der Waals surface area contributed by atoms with Gasteiger partial charge in [0.2, 0.25) is 0 Å². The molecule has 1 aromatic carbocycles. The molecule has 1 heterocycles. The first-order valence-electron chi connectivity index (χ1n) is 3.83. The van der Waals surface area contributed by atoms with Crippen molar-refractivity contribution < 1.29 is 8.78 Å². The number of hydrogen-bond acceptors (Lipinski definition) is 3. The van der Waals surface area contributed by atoms with Crippen molar-refractivity contribution in [1.82, 2.24) is 4.98 Å². The zero-order valence-corrected chi connectivity index (χ0v) is 7.81. The van der Waals surface area contributed by atoms with Crippen molar-refractivity contribution in [2.24, 2.45) is 0 Å². The third kappa shape index (κ3) is 1.58. The van der Waals surface area contributed by atoms with E-state index in [1.54, 1.807) is 5.38 Å². The molecule has 5 heteroatoms. The molecule has 2 aromatic rings. The number of hydrogen-bond donors (Lipinski definition) is 1. The SMILES string of the molecule is Nc1nc(-c2cc(F)ccc2F)cs1. The highest BCUT2D eigenvalue weighted by molar-refractivity contribution is 7.13. The van der Waals surface area contributed by atoms with Gasteiger partial charge in [-0.05, 0) is 18.2 Å². The van der Waals surface area contributed by atoms with Gasteiger partial charge in [-0.15, -0.1) is 11.3 Å². The Bertz CT molecular complexity index is 468. The van der Waals surface area contributed by atoms with Crippen molar-refractivity contribution in [3.8, 4) is 11.3 Å². The summed E-state index contributed by atoms with van der Waals surface area (Å²) < 4.78 is 26.0. The monoisotopic (exact) mass is 212 g/mol. The standard InChI is InChI=1S/C9H6F2N2S/c10-5-1-2-7(11)6(3-5)8-4-14-9(12)13-8/h1-4H,(H2,12,13). The van der Waals surface area contributed by atoms with E-state index < -0.39 is 11.6 Å². The first-order valence-corrected chi connectivity index (χ1v) is 4.71. The van der Waals surface area contributed by atoms with Crippen LogP contribution in [0.4, 0.5) is 13.9 Å². The maximum Gasteiger partial charge on any atom is 0.180 e. The van der Waals surface area contributed by atoms with Crippen molar-refractivity contribution >= 4 is 16.5 Å². The van der Waals surface area contributed by atoms with E-state index in [1.165, 1.54) is 11.3 Å². The predicted octanol–water partition coefficient (Wildman–Crippen LogP) is 2.67. The fourth-order valence-electron chi connectivity index (χ4n) is 1.11. The molecule has 0 saturated heterocycles. The van der Waals surface area contributed by atoms with Crippen LogP contribution < -0.4 is 5.73 Å². The van der Waals surface area contributed by atoms with Crippen LogP contribution in [0.5, 0.6) is 0 Å². The van der Waals surface area contributed by atoms with E-state index >= 15 is 0 Å². The molecular weight excluding hydrogens is 206 g/mol. The summed E-state index contributed by atoms with van der Waals surface area (Å²) >= 11 is 1.19. The number of benzene rings is 1. The molecule has 0 aliphatic carbocycles. The van der Waals surface area contributed by atoms with Crippen LogP contribution in [0.2, 0.25) is 0 Å². The van der Waals surface area contributed by atoms with Crippen LogP contribution in [0.1, 0.15) is 0 Å². The van der Waals surface area contributed by atoms with Gasteiger partial charge >= 0.3 is 0 Å². The van der Waals surface area contributed by atoms with Gasteiger partial charge in [0, 0.05) is 10.9 Å². The topological polar surface area (TPSA) is 38.9 Å². The van der Waals surface area contributed by atoms with Crippen molar-refractivity contribution in [3.63, 3.8) is 0 Å². The Morgan fingerprint density at radius 2 is 2.07 bits per heavy atom. The minimum Gasteiger partial charge on any atom is -0.375 e. The lowest BCUT2D eigenvalue weighted by atomic mass is 10.1. The molecule has 0 spiro atoms. The molecular formula is C9H6F2N2S. The minimum atomic E-state index is -0.503. The molecule has 1 aromatic heterocycles. The Balaban J connectivity index is 2.55. The number of aromatic nitrogens is 1. The van der Waals surface area contributed by atoms with Gasteiger partial charge in [-0.3, -0.25) is 0 Å². The van der Waals surface area contributed by atoms with Crippen LogP contribution in [0.15, 0.2) is 23.6 Å². The number of thiazole rings is 1.